The van der Waals surface area contributed by atoms with Crippen molar-refractivity contribution in [2.24, 2.45) is 11.8 Å². The van der Waals surface area contributed by atoms with Gasteiger partial charge in [0.15, 0.2) is 23.0 Å². The van der Waals surface area contributed by atoms with Crippen molar-refractivity contribution < 1.29 is 38.0 Å². The lowest BCUT2D eigenvalue weighted by Gasteiger charge is -2.24. The van der Waals surface area contributed by atoms with Gasteiger partial charge in [0.05, 0.1) is 45.8 Å². The second-order valence-electron chi connectivity index (χ2n) is 9.19. The van der Waals surface area contributed by atoms with Crippen molar-refractivity contribution in [1.82, 2.24) is 4.90 Å². The molecule has 188 valence electrons. The third-order valence-corrected chi connectivity index (χ3v) is 7.22. The minimum atomic E-state index is -0.810. The Balaban J connectivity index is 1.23. The highest BCUT2D eigenvalue weighted by Crippen LogP contribution is 2.52. The Hall–Kier alpha value is -3.92. The summed E-state index contributed by atoms with van der Waals surface area (Å²) in [5.41, 5.74) is 0.578. The van der Waals surface area contributed by atoms with E-state index in [2.05, 4.69) is 5.32 Å². The van der Waals surface area contributed by atoms with Crippen LogP contribution in [0.2, 0.25) is 0 Å². The van der Waals surface area contributed by atoms with Gasteiger partial charge in [-0.1, -0.05) is 18.2 Å². The number of carbonyl (C=O) groups is 2. The Morgan fingerprint density at radius 3 is 2.56 bits per heavy atom. The minimum absolute atomic E-state index is 0.107. The maximum absolute atomic E-state index is 13.6. The van der Waals surface area contributed by atoms with Gasteiger partial charge in [-0.25, -0.2) is 0 Å². The van der Waals surface area contributed by atoms with E-state index in [0.29, 0.717) is 47.5 Å². The molecular weight excluding hydrogens is 468 g/mol. The fourth-order valence-corrected chi connectivity index (χ4v) is 5.65. The van der Waals surface area contributed by atoms with Crippen LogP contribution in [0.3, 0.4) is 0 Å². The number of likely N-dealkylation sites (tertiary alicyclic amines) is 1. The van der Waals surface area contributed by atoms with E-state index in [1.165, 1.54) is 21.3 Å². The molecule has 4 heterocycles. The Kier molecular flexibility index (Phi) is 5.22. The van der Waals surface area contributed by atoms with Gasteiger partial charge in [-0.15, -0.1) is 0 Å². The molecule has 2 saturated heterocycles. The van der Waals surface area contributed by atoms with Gasteiger partial charge in [0, 0.05) is 24.4 Å². The third-order valence-electron chi connectivity index (χ3n) is 7.22. The number of nitrogens with one attached hydrogen (secondary N) is 1. The largest absolute Gasteiger partial charge is 0.493 e. The van der Waals surface area contributed by atoms with Gasteiger partial charge in [-0.2, -0.15) is 0 Å². The molecule has 1 spiro atoms. The van der Waals surface area contributed by atoms with Crippen molar-refractivity contribution in [2.75, 3.05) is 40.0 Å². The highest BCUT2D eigenvalue weighted by molar-refractivity contribution is 5.99. The maximum Gasteiger partial charge on any atom is 0.231 e. The van der Waals surface area contributed by atoms with E-state index in [1.807, 2.05) is 30.4 Å². The number of amides is 2. The molecule has 10 heteroatoms. The van der Waals surface area contributed by atoms with Crippen molar-refractivity contribution >= 4 is 17.5 Å². The molecule has 1 N–H and O–H groups in total. The van der Waals surface area contributed by atoms with Crippen molar-refractivity contribution in [1.29, 1.82) is 0 Å². The van der Waals surface area contributed by atoms with E-state index >= 15 is 0 Å². The van der Waals surface area contributed by atoms with Crippen LogP contribution in [-0.4, -0.2) is 63.1 Å². The average Bonchev–Trinajstić information content (AvgIpc) is 3.64. The minimum Gasteiger partial charge on any atom is -0.493 e. The van der Waals surface area contributed by atoms with Gasteiger partial charge in [0.25, 0.3) is 0 Å². The van der Waals surface area contributed by atoms with Crippen LogP contribution in [0.5, 0.6) is 28.7 Å². The number of methoxy groups -OCH3 is 3. The second-order valence-corrected chi connectivity index (χ2v) is 9.19. The van der Waals surface area contributed by atoms with E-state index in [-0.39, 0.29) is 18.6 Å². The lowest BCUT2D eigenvalue weighted by Crippen LogP contribution is -2.41. The molecule has 2 fully saturated rings. The Morgan fingerprint density at radius 2 is 1.83 bits per heavy atom. The number of anilines is 1. The monoisotopic (exact) mass is 494 g/mol. The van der Waals surface area contributed by atoms with E-state index in [9.17, 15) is 9.59 Å². The molecule has 0 saturated carbocycles. The lowest BCUT2D eigenvalue weighted by molar-refractivity contribution is -0.136. The fourth-order valence-electron chi connectivity index (χ4n) is 5.65. The number of hydrogen-bond acceptors (Lipinski definition) is 8. The number of benzene rings is 2. The van der Waals surface area contributed by atoms with Gasteiger partial charge in [-0.3, -0.25) is 9.59 Å². The van der Waals surface area contributed by atoms with Gasteiger partial charge < -0.3 is 38.6 Å². The summed E-state index contributed by atoms with van der Waals surface area (Å²) < 4.78 is 33.2. The van der Waals surface area contributed by atoms with Crippen molar-refractivity contribution in [3.05, 3.63) is 48.0 Å². The molecule has 4 aliphatic heterocycles. The van der Waals surface area contributed by atoms with E-state index in [0.717, 1.165) is 5.56 Å². The molecule has 4 aliphatic rings. The van der Waals surface area contributed by atoms with Crippen LogP contribution in [-0.2, 0) is 20.9 Å². The lowest BCUT2D eigenvalue weighted by atomic mass is 9.77. The fraction of sp³-hybridized carbons (Fsp3) is 0.385. The quantitative estimate of drug-likeness (QED) is 0.585. The van der Waals surface area contributed by atoms with Crippen LogP contribution in [0.1, 0.15) is 5.56 Å². The number of fused-ring (bicyclic) bond motifs is 2. The van der Waals surface area contributed by atoms with Gasteiger partial charge >= 0.3 is 0 Å². The van der Waals surface area contributed by atoms with E-state index in [1.54, 1.807) is 17.0 Å². The number of rotatable bonds is 7. The molecule has 2 aromatic carbocycles. The van der Waals surface area contributed by atoms with Crippen LogP contribution >= 0.6 is 0 Å². The van der Waals surface area contributed by atoms with Crippen LogP contribution in [0, 0.1) is 11.8 Å². The Morgan fingerprint density at radius 1 is 1.08 bits per heavy atom. The highest BCUT2D eigenvalue weighted by atomic mass is 16.7. The second kappa shape index (κ2) is 8.34. The summed E-state index contributed by atoms with van der Waals surface area (Å²) in [6, 6.07) is 8.94. The summed E-state index contributed by atoms with van der Waals surface area (Å²) in [6.07, 6.45) is 3.35. The summed E-state index contributed by atoms with van der Waals surface area (Å²) in [5.74, 6) is 0.931. The molecule has 6 rings (SSSR count). The van der Waals surface area contributed by atoms with Crippen molar-refractivity contribution in [2.45, 2.75) is 18.2 Å². The molecule has 4 atom stereocenters. The number of nitrogens with zero attached hydrogens (tertiary/aromatic N) is 1. The predicted molar refractivity (Wildman–Crippen MR) is 126 cm³/mol. The first-order chi connectivity index (χ1) is 17.5. The van der Waals surface area contributed by atoms with Crippen LogP contribution in [0.15, 0.2) is 42.5 Å². The number of carbonyl (C=O) groups excluding carboxylic acids is 2. The highest BCUT2D eigenvalue weighted by Gasteiger charge is 2.66. The number of ether oxygens (including phenoxy) is 6. The standard InChI is InChI=1S/C26H26N2O8/c1-31-19-9-15(10-20(32-2)23(19)33-3)27-24(29)21-17-6-7-26(36-17)12-28(25(30)22(21)26)11-14-4-5-16-18(8-14)35-13-34-16/h4-10,17,21-22H,11-13H2,1-3H3,(H,27,29)/t17-,21+,22-,26+/m1/s1. The first kappa shape index (κ1) is 22.5. The third kappa shape index (κ3) is 3.35. The molecule has 0 unspecified atom stereocenters. The summed E-state index contributed by atoms with van der Waals surface area (Å²) in [4.78, 5) is 28.8. The molecule has 0 radical (unpaired) electrons. The normalized spacial score (nSPS) is 26.8. The predicted octanol–water partition coefficient (Wildman–Crippen LogP) is 2.36. The molecule has 2 bridgehead atoms. The van der Waals surface area contributed by atoms with Crippen molar-refractivity contribution in [3.8, 4) is 28.7 Å². The van der Waals surface area contributed by atoms with Gasteiger partial charge in [0.2, 0.25) is 24.4 Å². The topological polar surface area (TPSA) is 105 Å². The summed E-state index contributed by atoms with van der Waals surface area (Å²) >= 11 is 0. The first-order valence-corrected chi connectivity index (χ1v) is 11.6. The molecule has 0 aromatic heterocycles. The van der Waals surface area contributed by atoms with E-state index < -0.39 is 23.5 Å². The van der Waals surface area contributed by atoms with Gasteiger partial charge in [-0.05, 0) is 17.7 Å². The zero-order chi connectivity index (χ0) is 25.0. The number of hydrogen-bond donors (Lipinski definition) is 1. The SMILES string of the molecule is COc1cc(NC(=O)[C@H]2[C@H]3C=C[C@@]4(CN(Cc5ccc6c(c5)OCO6)C(=O)[C@@H]24)O3)cc(OC)c1OC. The summed E-state index contributed by atoms with van der Waals surface area (Å²) in [6.45, 7) is 0.956. The van der Waals surface area contributed by atoms with E-state index in [4.69, 9.17) is 28.4 Å². The molecule has 2 amide bonds. The van der Waals surface area contributed by atoms with Crippen LogP contribution in [0.25, 0.3) is 0 Å². The van der Waals surface area contributed by atoms with Crippen LogP contribution < -0.4 is 29.0 Å². The van der Waals surface area contributed by atoms with Gasteiger partial charge in [0.1, 0.15) is 5.60 Å². The smallest absolute Gasteiger partial charge is 0.231 e. The van der Waals surface area contributed by atoms with Crippen LogP contribution in [0.4, 0.5) is 5.69 Å². The Labute approximate surface area is 207 Å². The average molecular weight is 495 g/mol. The molecule has 0 aliphatic carbocycles. The zero-order valence-corrected chi connectivity index (χ0v) is 20.1. The molecule has 2 aromatic rings. The molecule has 36 heavy (non-hydrogen) atoms. The maximum atomic E-state index is 13.6. The summed E-state index contributed by atoms with van der Waals surface area (Å²) in [5, 5.41) is 2.92. The molecular formula is C26H26N2O8. The first-order valence-electron chi connectivity index (χ1n) is 11.6. The van der Waals surface area contributed by atoms with Crippen molar-refractivity contribution in [3.63, 3.8) is 0 Å². The Bertz CT molecular complexity index is 1250. The zero-order valence-electron chi connectivity index (χ0n) is 20.1. The summed E-state index contributed by atoms with van der Waals surface area (Å²) in [7, 11) is 4.53. The molecule has 10 nitrogen and oxygen atoms in total.